The van der Waals surface area contributed by atoms with Crippen LogP contribution in [0.3, 0.4) is 0 Å². The van der Waals surface area contributed by atoms with Crippen molar-refractivity contribution in [3.63, 3.8) is 0 Å². The van der Waals surface area contributed by atoms with Gasteiger partial charge < -0.3 is 15.7 Å². The van der Waals surface area contributed by atoms with E-state index in [1.54, 1.807) is 0 Å². The third kappa shape index (κ3) is 3.57. The molecule has 0 aliphatic heterocycles. The fourth-order valence-electron chi connectivity index (χ4n) is 2.67. The molecule has 1 saturated carbocycles. The summed E-state index contributed by atoms with van der Waals surface area (Å²) in [4.78, 5) is 25.1. The molecule has 0 radical (unpaired) electrons. The van der Waals surface area contributed by atoms with E-state index >= 15 is 0 Å². The highest BCUT2D eigenvalue weighted by molar-refractivity contribution is 5.85. The van der Waals surface area contributed by atoms with Crippen molar-refractivity contribution < 1.29 is 14.7 Å². The lowest BCUT2D eigenvalue weighted by Crippen LogP contribution is -2.43. The quantitative estimate of drug-likeness (QED) is 0.828. The molecule has 0 spiro atoms. The molecule has 0 heterocycles. The number of nitrogens with two attached hydrogens (primary N) is 1. The van der Waals surface area contributed by atoms with Gasteiger partial charge in [0.1, 0.15) is 0 Å². The number of carbonyl (C=O) groups is 2. The van der Waals surface area contributed by atoms with Gasteiger partial charge in [-0.1, -0.05) is 30.3 Å². The van der Waals surface area contributed by atoms with Crippen LogP contribution < -0.4 is 5.73 Å². The molecular formula is C15H20N2O3. The summed E-state index contributed by atoms with van der Waals surface area (Å²) in [5.74, 6) is -1.13. The van der Waals surface area contributed by atoms with Gasteiger partial charge in [-0.2, -0.15) is 0 Å². The summed E-state index contributed by atoms with van der Waals surface area (Å²) in [6.07, 6.45) is 1.55. The molecule has 20 heavy (non-hydrogen) atoms. The standard InChI is InChI=1S/C15H20N2O3/c16-14(19)10-17(9-11-5-2-1-3-6-11)15(20)12-7-4-8-13(12)18/h1-3,5-6,12-13,18H,4,7-10H2,(H2,16,19). The molecule has 5 nitrogen and oxygen atoms in total. The molecule has 2 rings (SSSR count). The zero-order valence-corrected chi connectivity index (χ0v) is 11.4. The topological polar surface area (TPSA) is 83.6 Å². The lowest BCUT2D eigenvalue weighted by atomic mass is 10.0. The van der Waals surface area contributed by atoms with E-state index < -0.39 is 17.9 Å². The van der Waals surface area contributed by atoms with Crippen LogP contribution in [0.1, 0.15) is 24.8 Å². The molecule has 1 aliphatic rings. The number of hydrogen-bond acceptors (Lipinski definition) is 3. The maximum absolute atomic E-state index is 12.5. The van der Waals surface area contributed by atoms with Crippen molar-refractivity contribution in [3.05, 3.63) is 35.9 Å². The molecular weight excluding hydrogens is 256 g/mol. The predicted molar refractivity (Wildman–Crippen MR) is 74.4 cm³/mol. The van der Waals surface area contributed by atoms with Crippen LogP contribution in [0.2, 0.25) is 0 Å². The first-order chi connectivity index (χ1) is 9.58. The van der Waals surface area contributed by atoms with Gasteiger partial charge in [0, 0.05) is 6.54 Å². The van der Waals surface area contributed by atoms with Gasteiger partial charge in [0.15, 0.2) is 0 Å². The number of aliphatic hydroxyl groups excluding tert-OH is 1. The summed E-state index contributed by atoms with van der Waals surface area (Å²) in [7, 11) is 0. The van der Waals surface area contributed by atoms with E-state index in [0.29, 0.717) is 19.4 Å². The monoisotopic (exact) mass is 276 g/mol. The summed E-state index contributed by atoms with van der Waals surface area (Å²) in [5, 5.41) is 9.84. The van der Waals surface area contributed by atoms with Crippen molar-refractivity contribution in [1.29, 1.82) is 0 Å². The Hall–Kier alpha value is -1.88. The number of carbonyl (C=O) groups excluding carboxylic acids is 2. The first kappa shape index (κ1) is 14.5. The van der Waals surface area contributed by atoms with Crippen LogP contribution in [0.5, 0.6) is 0 Å². The molecule has 2 unspecified atom stereocenters. The van der Waals surface area contributed by atoms with Crippen molar-refractivity contribution in [3.8, 4) is 0 Å². The van der Waals surface area contributed by atoms with Gasteiger partial charge in [-0.15, -0.1) is 0 Å². The van der Waals surface area contributed by atoms with Crippen LogP contribution in [0.15, 0.2) is 30.3 Å². The summed E-state index contributed by atoms with van der Waals surface area (Å²) >= 11 is 0. The van der Waals surface area contributed by atoms with E-state index in [4.69, 9.17) is 5.73 Å². The molecule has 5 heteroatoms. The molecule has 1 aliphatic carbocycles. The Bertz CT molecular complexity index is 475. The van der Waals surface area contributed by atoms with Gasteiger partial charge in [-0.25, -0.2) is 0 Å². The number of amides is 2. The third-order valence-corrected chi connectivity index (χ3v) is 3.67. The van der Waals surface area contributed by atoms with Gasteiger partial charge >= 0.3 is 0 Å². The Kier molecular flexibility index (Phi) is 4.74. The van der Waals surface area contributed by atoms with E-state index in [1.165, 1.54) is 4.90 Å². The highest BCUT2D eigenvalue weighted by Crippen LogP contribution is 2.27. The van der Waals surface area contributed by atoms with Crippen molar-refractivity contribution >= 4 is 11.8 Å². The molecule has 1 aromatic carbocycles. The Balaban J connectivity index is 2.10. The average Bonchev–Trinajstić information content (AvgIpc) is 2.84. The van der Waals surface area contributed by atoms with Crippen molar-refractivity contribution in [2.45, 2.75) is 31.9 Å². The van der Waals surface area contributed by atoms with Crippen molar-refractivity contribution in [2.24, 2.45) is 11.7 Å². The molecule has 1 aromatic rings. The average molecular weight is 276 g/mol. The smallest absolute Gasteiger partial charge is 0.237 e. The zero-order valence-electron chi connectivity index (χ0n) is 11.4. The molecule has 0 saturated heterocycles. The number of aliphatic hydroxyl groups is 1. The van der Waals surface area contributed by atoms with Gasteiger partial charge in [0.25, 0.3) is 0 Å². The van der Waals surface area contributed by atoms with Gasteiger partial charge in [0.2, 0.25) is 11.8 Å². The number of hydrogen-bond donors (Lipinski definition) is 2. The highest BCUT2D eigenvalue weighted by Gasteiger charge is 2.34. The molecule has 108 valence electrons. The van der Waals surface area contributed by atoms with Crippen LogP contribution in [0.4, 0.5) is 0 Å². The van der Waals surface area contributed by atoms with Gasteiger partial charge in [-0.05, 0) is 24.8 Å². The first-order valence-corrected chi connectivity index (χ1v) is 6.87. The van der Waals surface area contributed by atoms with E-state index in [1.807, 2.05) is 30.3 Å². The minimum absolute atomic E-state index is 0.114. The predicted octanol–water partition coefficient (Wildman–Crippen LogP) is 0.661. The Labute approximate surface area is 118 Å². The Morgan fingerprint density at radius 3 is 2.50 bits per heavy atom. The fourth-order valence-corrected chi connectivity index (χ4v) is 2.67. The SMILES string of the molecule is NC(=O)CN(Cc1ccccc1)C(=O)C1CCCC1O. The van der Waals surface area contributed by atoms with Crippen LogP contribution >= 0.6 is 0 Å². The second kappa shape index (κ2) is 6.52. The minimum Gasteiger partial charge on any atom is -0.392 e. The van der Waals surface area contributed by atoms with Crippen LogP contribution in [-0.2, 0) is 16.1 Å². The molecule has 2 amide bonds. The van der Waals surface area contributed by atoms with E-state index in [2.05, 4.69) is 0 Å². The Morgan fingerprint density at radius 2 is 1.95 bits per heavy atom. The Morgan fingerprint density at radius 1 is 1.25 bits per heavy atom. The van der Waals surface area contributed by atoms with Gasteiger partial charge in [0.05, 0.1) is 18.6 Å². The molecule has 2 atom stereocenters. The van der Waals surface area contributed by atoms with E-state index in [0.717, 1.165) is 12.0 Å². The third-order valence-electron chi connectivity index (χ3n) is 3.67. The second-order valence-electron chi connectivity index (χ2n) is 5.25. The number of rotatable bonds is 5. The van der Waals surface area contributed by atoms with Crippen LogP contribution in [0, 0.1) is 5.92 Å². The summed E-state index contributed by atoms with van der Waals surface area (Å²) in [5.41, 5.74) is 6.16. The normalized spacial score (nSPS) is 21.6. The minimum atomic E-state index is -0.603. The maximum atomic E-state index is 12.5. The fraction of sp³-hybridized carbons (Fsp3) is 0.467. The van der Waals surface area contributed by atoms with Crippen molar-refractivity contribution in [2.75, 3.05) is 6.54 Å². The zero-order chi connectivity index (χ0) is 14.5. The molecule has 1 fully saturated rings. The van der Waals surface area contributed by atoms with Crippen LogP contribution in [0.25, 0.3) is 0 Å². The number of benzene rings is 1. The van der Waals surface area contributed by atoms with Crippen molar-refractivity contribution in [1.82, 2.24) is 4.90 Å². The first-order valence-electron chi connectivity index (χ1n) is 6.87. The van der Waals surface area contributed by atoms with E-state index in [9.17, 15) is 14.7 Å². The number of nitrogens with zero attached hydrogens (tertiary/aromatic N) is 1. The molecule has 0 bridgehead atoms. The summed E-state index contributed by atoms with van der Waals surface area (Å²) in [6, 6.07) is 9.45. The van der Waals surface area contributed by atoms with Crippen LogP contribution in [-0.4, -0.2) is 34.5 Å². The lowest BCUT2D eigenvalue weighted by Gasteiger charge is -2.26. The molecule has 0 aromatic heterocycles. The lowest BCUT2D eigenvalue weighted by molar-refractivity contribution is -0.141. The maximum Gasteiger partial charge on any atom is 0.237 e. The number of primary amides is 1. The largest absolute Gasteiger partial charge is 0.392 e. The second-order valence-corrected chi connectivity index (χ2v) is 5.25. The molecule has 3 N–H and O–H groups in total. The van der Waals surface area contributed by atoms with E-state index in [-0.39, 0.29) is 12.5 Å². The summed E-state index contributed by atoms with van der Waals surface area (Å²) in [6.45, 7) is 0.225. The van der Waals surface area contributed by atoms with Gasteiger partial charge in [-0.3, -0.25) is 9.59 Å². The summed E-state index contributed by atoms with van der Waals surface area (Å²) < 4.78 is 0. The highest BCUT2D eigenvalue weighted by atomic mass is 16.3.